The first-order valence-electron chi connectivity index (χ1n) is 5.49. The molecular formula is C13H20FNO. The molecule has 1 rings (SSSR count). The molecule has 90 valence electrons. The summed E-state index contributed by atoms with van der Waals surface area (Å²) in [6, 6.07) is 6.60. The molecule has 1 aromatic rings. The molecule has 0 heterocycles. The standard InChI is InChI=1S/C13H20FNO/c1-13(2,3)16-9-12(15-4)10-5-7-11(14)8-6-10/h5-8,12,15H,9H2,1-4H3. The highest BCUT2D eigenvalue weighted by molar-refractivity contribution is 5.19. The SMILES string of the molecule is CNC(COC(C)(C)C)c1ccc(F)cc1. The third-order valence-corrected chi connectivity index (χ3v) is 2.30. The Kier molecular flexibility index (Phi) is 4.44. The largest absolute Gasteiger partial charge is 0.374 e. The fourth-order valence-corrected chi connectivity index (χ4v) is 1.37. The molecule has 1 aromatic carbocycles. The van der Waals surface area contributed by atoms with E-state index in [-0.39, 0.29) is 17.5 Å². The summed E-state index contributed by atoms with van der Waals surface area (Å²) >= 11 is 0. The maximum atomic E-state index is 12.8. The Morgan fingerprint density at radius 3 is 2.25 bits per heavy atom. The molecule has 0 aromatic heterocycles. The van der Waals surface area contributed by atoms with E-state index in [0.29, 0.717) is 6.61 Å². The van der Waals surface area contributed by atoms with Crippen LogP contribution < -0.4 is 5.32 Å². The molecule has 1 unspecified atom stereocenters. The van der Waals surface area contributed by atoms with Crippen molar-refractivity contribution >= 4 is 0 Å². The fraction of sp³-hybridized carbons (Fsp3) is 0.538. The van der Waals surface area contributed by atoms with Crippen LogP contribution in [0.4, 0.5) is 4.39 Å². The van der Waals surface area contributed by atoms with Gasteiger partial charge in [-0.05, 0) is 45.5 Å². The normalized spacial score (nSPS) is 13.8. The van der Waals surface area contributed by atoms with Gasteiger partial charge in [-0.1, -0.05) is 12.1 Å². The van der Waals surface area contributed by atoms with Gasteiger partial charge in [-0.3, -0.25) is 0 Å². The number of likely N-dealkylation sites (N-methyl/N-ethyl adjacent to an activating group) is 1. The number of ether oxygens (including phenoxy) is 1. The van der Waals surface area contributed by atoms with Crippen LogP contribution in [0.25, 0.3) is 0 Å². The maximum absolute atomic E-state index is 12.8. The topological polar surface area (TPSA) is 21.3 Å². The van der Waals surface area contributed by atoms with Gasteiger partial charge < -0.3 is 10.1 Å². The molecule has 16 heavy (non-hydrogen) atoms. The summed E-state index contributed by atoms with van der Waals surface area (Å²) in [6.45, 7) is 6.63. The average Bonchev–Trinajstić information content (AvgIpc) is 2.20. The number of benzene rings is 1. The van der Waals surface area contributed by atoms with E-state index >= 15 is 0 Å². The van der Waals surface area contributed by atoms with Crippen LogP contribution in [0, 0.1) is 5.82 Å². The van der Waals surface area contributed by atoms with Gasteiger partial charge in [-0.25, -0.2) is 4.39 Å². The minimum Gasteiger partial charge on any atom is -0.374 e. The molecule has 2 nitrogen and oxygen atoms in total. The van der Waals surface area contributed by atoms with Gasteiger partial charge in [0, 0.05) is 0 Å². The lowest BCUT2D eigenvalue weighted by molar-refractivity contribution is -0.0139. The van der Waals surface area contributed by atoms with Crippen LogP contribution >= 0.6 is 0 Å². The van der Waals surface area contributed by atoms with E-state index in [1.165, 1.54) is 12.1 Å². The minimum atomic E-state index is -0.213. The Morgan fingerprint density at radius 2 is 1.81 bits per heavy atom. The van der Waals surface area contributed by atoms with Gasteiger partial charge in [-0.2, -0.15) is 0 Å². The van der Waals surface area contributed by atoms with E-state index in [4.69, 9.17) is 4.74 Å². The summed E-state index contributed by atoms with van der Waals surface area (Å²) in [4.78, 5) is 0. The second kappa shape index (κ2) is 5.41. The molecule has 0 spiro atoms. The molecule has 0 aliphatic heterocycles. The molecule has 0 aliphatic carbocycles. The number of halogens is 1. The van der Waals surface area contributed by atoms with Gasteiger partial charge in [0.05, 0.1) is 18.2 Å². The second-order valence-electron chi connectivity index (χ2n) is 4.82. The number of rotatable bonds is 4. The van der Waals surface area contributed by atoms with Crippen LogP contribution in [0.2, 0.25) is 0 Å². The minimum absolute atomic E-state index is 0.0971. The first kappa shape index (κ1) is 13.1. The molecule has 1 atom stereocenters. The number of nitrogens with one attached hydrogen (secondary N) is 1. The average molecular weight is 225 g/mol. The van der Waals surface area contributed by atoms with Crippen molar-refractivity contribution in [2.24, 2.45) is 0 Å². The van der Waals surface area contributed by atoms with E-state index in [2.05, 4.69) is 5.32 Å². The second-order valence-corrected chi connectivity index (χ2v) is 4.82. The summed E-state index contributed by atoms with van der Waals surface area (Å²) in [5.74, 6) is -0.213. The molecule has 0 fully saturated rings. The van der Waals surface area contributed by atoms with Crippen LogP contribution in [0.3, 0.4) is 0 Å². The lowest BCUT2D eigenvalue weighted by Crippen LogP contribution is -2.28. The van der Waals surface area contributed by atoms with E-state index in [1.54, 1.807) is 12.1 Å². The van der Waals surface area contributed by atoms with Gasteiger partial charge in [-0.15, -0.1) is 0 Å². The van der Waals surface area contributed by atoms with E-state index in [0.717, 1.165) is 5.56 Å². The lowest BCUT2D eigenvalue weighted by atomic mass is 10.1. The van der Waals surface area contributed by atoms with Crippen molar-refractivity contribution in [3.05, 3.63) is 35.6 Å². The van der Waals surface area contributed by atoms with Crippen molar-refractivity contribution in [3.8, 4) is 0 Å². The summed E-state index contributed by atoms with van der Waals surface area (Å²) in [5.41, 5.74) is 0.878. The quantitative estimate of drug-likeness (QED) is 0.850. The summed E-state index contributed by atoms with van der Waals surface area (Å²) < 4.78 is 18.5. The molecule has 0 saturated carbocycles. The van der Waals surface area contributed by atoms with Crippen LogP contribution in [0.1, 0.15) is 32.4 Å². The van der Waals surface area contributed by atoms with Crippen molar-refractivity contribution in [1.29, 1.82) is 0 Å². The van der Waals surface area contributed by atoms with E-state index in [1.807, 2.05) is 27.8 Å². The van der Waals surface area contributed by atoms with Crippen LogP contribution in [0.5, 0.6) is 0 Å². The Hall–Kier alpha value is -0.930. The predicted octanol–water partition coefficient (Wildman–Crippen LogP) is 2.90. The third kappa shape index (κ3) is 4.29. The zero-order valence-corrected chi connectivity index (χ0v) is 10.4. The number of hydrogen-bond acceptors (Lipinski definition) is 2. The summed E-state index contributed by atoms with van der Waals surface area (Å²) in [7, 11) is 1.88. The Labute approximate surface area is 96.8 Å². The molecule has 0 bridgehead atoms. The zero-order valence-electron chi connectivity index (χ0n) is 10.4. The van der Waals surface area contributed by atoms with Gasteiger partial charge in [0.15, 0.2) is 0 Å². The molecule has 0 saturated heterocycles. The zero-order chi connectivity index (χ0) is 12.2. The predicted molar refractivity (Wildman–Crippen MR) is 63.9 cm³/mol. The Balaban J connectivity index is 2.64. The molecule has 0 amide bonds. The Bertz CT molecular complexity index is 316. The van der Waals surface area contributed by atoms with Crippen LogP contribution in [-0.4, -0.2) is 19.3 Å². The molecule has 0 radical (unpaired) electrons. The van der Waals surface area contributed by atoms with Crippen LogP contribution in [-0.2, 0) is 4.74 Å². The van der Waals surface area contributed by atoms with Gasteiger partial charge >= 0.3 is 0 Å². The lowest BCUT2D eigenvalue weighted by Gasteiger charge is -2.24. The molecular weight excluding hydrogens is 205 g/mol. The van der Waals surface area contributed by atoms with Crippen molar-refractivity contribution in [1.82, 2.24) is 5.32 Å². The van der Waals surface area contributed by atoms with Crippen LogP contribution in [0.15, 0.2) is 24.3 Å². The third-order valence-electron chi connectivity index (χ3n) is 2.30. The Morgan fingerprint density at radius 1 is 1.25 bits per heavy atom. The van der Waals surface area contributed by atoms with Crippen molar-refractivity contribution < 1.29 is 9.13 Å². The van der Waals surface area contributed by atoms with Crippen molar-refractivity contribution in [3.63, 3.8) is 0 Å². The maximum Gasteiger partial charge on any atom is 0.123 e. The highest BCUT2D eigenvalue weighted by Crippen LogP contribution is 2.17. The molecule has 0 aliphatic rings. The highest BCUT2D eigenvalue weighted by Gasteiger charge is 2.15. The number of hydrogen-bond donors (Lipinski definition) is 1. The van der Waals surface area contributed by atoms with E-state index in [9.17, 15) is 4.39 Å². The van der Waals surface area contributed by atoms with Crippen molar-refractivity contribution in [2.75, 3.05) is 13.7 Å². The van der Waals surface area contributed by atoms with Gasteiger partial charge in [0.2, 0.25) is 0 Å². The fourth-order valence-electron chi connectivity index (χ4n) is 1.37. The smallest absolute Gasteiger partial charge is 0.123 e. The van der Waals surface area contributed by atoms with Gasteiger partial charge in [0.1, 0.15) is 5.82 Å². The highest BCUT2D eigenvalue weighted by atomic mass is 19.1. The first-order chi connectivity index (χ1) is 7.42. The summed E-state index contributed by atoms with van der Waals surface area (Å²) in [6.07, 6.45) is 0. The summed E-state index contributed by atoms with van der Waals surface area (Å²) in [5, 5.41) is 3.16. The van der Waals surface area contributed by atoms with Crippen molar-refractivity contribution in [2.45, 2.75) is 32.4 Å². The molecule has 3 heteroatoms. The monoisotopic (exact) mass is 225 g/mol. The van der Waals surface area contributed by atoms with E-state index < -0.39 is 0 Å². The van der Waals surface area contributed by atoms with Gasteiger partial charge in [0.25, 0.3) is 0 Å². The molecule has 1 N–H and O–H groups in total. The first-order valence-corrected chi connectivity index (χ1v) is 5.49.